The third-order valence-corrected chi connectivity index (χ3v) is 4.20. The number of methoxy groups -OCH3 is 1. The molecular weight excluding hydrogens is 288 g/mol. The summed E-state index contributed by atoms with van der Waals surface area (Å²) in [6.07, 6.45) is 4.01. The predicted octanol–water partition coefficient (Wildman–Crippen LogP) is 2.69. The number of aromatic nitrogens is 2. The van der Waals surface area contributed by atoms with E-state index in [1.807, 2.05) is 24.0 Å². The molecule has 2 rings (SSSR count). The topological polar surface area (TPSA) is 42.3 Å². The minimum absolute atomic E-state index is 0.212. The van der Waals surface area contributed by atoms with Crippen molar-refractivity contribution in [3.8, 4) is 5.75 Å². The molecule has 2 atom stereocenters. The smallest absolute Gasteiger partial charge is 0.123 e. The molecule has 5 heteroatoms. The summed E-state index contributed by atoms with van der Waals surface area (Å²) >= 11 is 0. The third-order valence-electron chi connectivity index (χ3n) is 4.20. The number of hydrogen-bond acceptors (Lipinski definition) is 4. The van der Waals surface area contributed by atoms with Crippen LogP contribution in [0, 0.1) is 6.92 Å². The highest BCUT2D eigenvalue weighted by Gasteiger charge is 2.18. The monoisotopic (exact) mass is 316 g/mol. The molecule has 126 valence electrons. The van der Waals surface area contributed by atoms with Crippen LogP contribution in [0.5, 0.6) is 5.75 Å². The molecule has 23 heavy (non-hydrogen) atoms. The molecule has 0 fully saturated rings. The molecular formula is C18H28N4O. The first-order valence-electron chi connectivity index (χ1n) is 7.95. The van der Waals surface area contributed by atoms with Gasteiger partial charge in [-0.2, -0.15) is 5.10 Å². The molecule has 1 aromatic carbocycles. The molecule has 0 bridgehead atoms. The van der Waals surface area contributed by atoms with Crippen LogP contribution in [0.1, 0.15) is 35.7 Å². The van der Waals surface area contributed by atoms with Crippen LogP contribution < -0.4 is 10.1 Å². The SMILES string of the molecule is COc1ccc(C)cc1[C@@H](C)NC[C@@H](c1cnn(C)c1)N(C)C. The number of rotatable bonds is 7. The second-order valence-corrected chi connectivity index (χ2v) is 6.30. The van der Waals surface area contributed by atoms with Crippen molar-refractivity contribution in [2.24, 2.45) is 7.05 Å². The Labute approximate surface area is 139 Å². The summed E-state index contributed by atoms with van der Waals surface area (Å²) in [6.45, 7) is 5.12. The van der Waals surface area contributed by atoms with Crippen LogP contribution in [0.25, 0.3) is 0 Å². The Morgan fingerprint density at radius 3 is 2.65 bits per heavy atom. The maximum absolute atomic E-state index is 5.50. The first-order chi connectivity index (χ1) is 10.9. The highest BCUT2D eigenvalue weighted by atomic mass is 16.5. The van der Waals surface area contributed by atoms with Crippen LogP contribution in [-0.4, -0.2) is 42.4 Å². The Balaban J connectivity index is 2.10. The summed E-state index contributed by atoms with van der Waals surface area (Å²) in [5.74, 6) is 0.929. The standard InChI is InChI=1S/C18H28N4O/c1-13-7-8-18(23-6)16(9-13)14(2)19-11-17(21(3)4)15-10-20-22(5)12-15/h7-10,12,14,17,19H,11H2,1-6H3/t14-,17+/m1/s1. The Kier molecular flexibility index (Phi) is 5.80. The van der Waals surface area contributed by atoms with Crippen LogP contribution in [0.2, 0.25) is 0 Å². The second-order valence-electron chi connectivity index (χ2n) is 6.30. The van der Waals surface area contributed by atoms with Crippen molar-refractivity contribution in [1.82, 2.24) is 20.0 Å². The largest absolute Gasteiger partial charge is 0.496 e. The molecule has 0 spiro atoms. The van der Waals surface area contributed by atoms with Gasteiger partial charge in [-0.25, -0.2) is 0 Å². The van der Waals surface area contributed by atoms with Crippen molar-refractivity contribution in [2.45, 2.75) is 25.9 Å². The van der Waals surface area contributed by atoms with E-state index in [-0.39, 0.29) is 12.1 Å². The lowest BCUT2D eigenvalue weighted by molar-refractivity contribution is 0.280. The number of aryl methyl sites for hydroxylation is 2. The van der Waals surface area contributed by atoms with E-state index in [1.165, 1.54) is 16.7 Å². The van der Waals surface area contributed by atoms with E-state index in [0.29, 0.717) is 0 Å². The summed E-state index contributed by atoms with van der Waals surface area (Å²) in [5.41, 5.74) is 3.65. The van der Waals surface area contributed by atoms with Gasteiger partial charge in [0.2, 0.25) is 0 Å². The molecule has 1 N–H and O–H groups in total. The minimum Gasteiger partial charge on any atom is -0.496 e. The molecule has 0 amide bonds. The molecule has 1 aromatic heterocycles. The van der Waals surface area contributed by atoms with E-state index in [0.717, 1.165) is 12.3 Å². The number of ether oxygens (including phenoxy) is 1. The van der Waals surface area contributed by atoms with Crippen LogP contribution in [0.4, 0.5) is 0 Å². The van der Waals surface area contributed by atoms with Gasteiger partial charge in [-0.3, -0.25) is 4.68 Å². The van der Waals surface area contributed by atoms with E-state index in [1.54, 1.807) is 7.11 Å². The van der Waals surface area contributed by atoms with Crippen molar-refractivity contribution in [3.63, 3.8) is 0 Å². The molecule has 0 saturated carbocycles. The molecule has 0 radical (unpaired) electrons. The summed E-state index contributed by atoms with van der Waals surface area (Å²) in [7, 11) is 7.86. The average molecular weight is 316 g/mol. The van der Waals surface area contributed by atoms with Crippen molar-refractivity contribution in [2.75, 3.05) is 27.7 Å². The maximum Gasteiger partial charge on any atom is 0.123 e. The van der Waals surface area contributed by atoms with Crippen molar-refractivity contribution < 1.29 is 4.74 Å². The van der Waals surface area contributed by atoms with Crippen LogP contribution in [-0.2, 0) is 7.05 Å². The van der Waals surface area contributed by atoms with Crippen molar-refractivity contribution >= 4 is 0 Å². The highest BCUT2D eigenvalue weighted by Crippen LogP contribution is 2.27. The predicted molar refractivity (Wildman–Crippen MR) is 93.8 cm³/mol. The van der Waals surface area contributed by atoms with Gasteiger partial charge in [-0.05, 0) is 34.0 Å². The van der Waals surface area contributed by atoms with Crippen molar-refractivity contribution in [3.05, 3.63) is 47.3 Å². The molecule has 0 aliphatic rings. The highest BCUT2D eigenvalue weighted by molar-refractivity contribution is 5.38. The van der Waals surface area contributed by atoms with E-state index in [4.69, 9.17) is 4.74 Å². The zero-order valence-corrected chi connectivity index (χ0v) is 15.0. The van der Waals surface area contributed by atoms with Crippen LogP contribution in [0.15, 0.2) is 30.6 Å². The van der Waals surface area contributed by atoms with E-state index < -0.39 is 0 Å². The zero-order valence-electron chi connectivity index (χ0n) is 15.0. The van der Waals surface area contributed by atoms with Gasteiger partial charge in [-0.15, -0.1) is 0 Å². The van der Waals surface area contributed by atoms with E-state index in [2.05, 4.69) is 61.6 Å². The molecule has 0 aliphatic carbocycles. The number of benzene rings is 1. The van der Waals surface area contributed by atoms with E-state index in [9.17, 15) is 0 Å². The number of nitrogens with one attached hydrogen (secondary N) is 1. The lowest BCUT2D eigenvalue weighted by Gasteiger charge is -2.26. The summed E-state index contributed by atoms with van der Waals surface area (Å²) in [5, 5.41) is 7.92. The van der Waals surface area contributed by atoms with Gasteiger partial charge >= 0.3 is 0 Å². The maximum atomic E-state index is 5.50. The third kappa shape index (κ3) is 4.33. The normalized spacial score (nSPS) is 14.0. The first-order valence-corrected chi connectivity index (χ1v) is 7.95. The molecule has 0 saturated heterocycles. The number of nitrogens with zero attached hydrogens (tertiary/aromatic N) is 3. The quantitative estimate of drug-likeness (QED) is 0.853. The molecule has 0 aliphatic heterocycles. The van der Waals surface area contributed by atoms with E-state index >= 15 is 0 Å². The van der Waals surface area contributed by atoms with Gasteiger partial charge in [-0.1, -0.05) is 17.7 Å². The van der Waals surface area contributed by atoms with Gasteiger partial charge in [0.1, 0.15) is 5.75 Å². The average Bonchev–Trinajstić information content (AvgIpc) is 2.93. The fourth-order valence-electron chi connectivity index (χ4n) is 2.80. The van der Waals surface area contributed by atoms with Gasteiger partial charge in [0.15, 0.2) is 0 Å². The van der Waals surface area contributed by atoms with Gasteiger partial charge in [0.25, 0.3) is 0 Å². The Bertz CT molecular complexity index is 636. The molecule has 1 heterocycles. The molecule has 2 aromatic rings. The minimum atomic E-state index is 0.212. The summed E-state index contributed by atoms with van der Waals surface area (Å²) < 4.78 is 7.35. The number of hydrogen-bond donors (Lipinski definition) is 1. The fourth-order valence-corrected chi connectivity index (χ4v) is 2.80. The van der Waals surface area contributed by atoms with Gasteiger partial charge in [0, 0.05) is 43.0 Å². The fraction of sp³-hybridized carbons (Fsp3) is 0.500. The van der Waals surface area contributed by atoms with Gasteiger partial charge in [0.05, 0.1) is 13.3 Å². The lowest BCUT2D eigenvalue weighted by atomic mass is 10.0. The molecule has 0 unspecified atom stereocenters. The Hall–Kier alpha value is -1.85. The molecule has 5 nitrogen and oxygen atoms in total. The second kappa shape index (κ2) is 7.62. The summed E-state index contributed by atoms with van der Waals surface area (Å²) in [4.78, 5) is 2.21. The lowest BCUT2D eigenvalue weighted by Crippen LogP contribution is -2.32. The Morgan fingerprint density at radius 2 is 2.09 bits per heavy atom. The van der Waals surface area contributed by atoms with Crippen LogP contribution >= 0.6 is 0 Å². The zero-order chi connectivity index (χ0) is 17.0. The first kappa shape index (κ1) is 17.5. The summed E-state index contributed by atoms with van der Waals surface area (Å²) in [6, 6.07) is 6.79. The number of likely N-dealkylation sites (N-methyl/N-ethyl adjacent to an activating group) is 1. The van der Waals surface area contributed by atoms with Gasteiger partial charge < -0.3 is 15.0 Å². The Morgan fingerprint density at radius 1 is 1.35 bits per heavy atom. The van der Waals surface area contributed by atoms with Crippen molar-refractivity contribution in [1.29, 1.82) is 0 Å². The van der Waals surface area contributed by atoms with Crippen LogP contribution in [0.3, 0.4) is 0 Å².